The lowest BCUT2D eigenvalue weighted by Gasteiger charge is -2.59. The number of carbonyl (C=O) groups excluding carboxylic acids is 1. The summed E-state index contributed by atoms with van der Waals surface area (Å²) in [6.45, 7) is 10.8. The standard InChI is InChI=1S/C17H22FN3O4.C2H6/c1-16(2,3)25-15(22)19-11-7-17(8-11)9-20(10-17)14-5-4-12(21(23)24)6-13(14)18;1-2/h4-6,11H,7-10H2,1-3H3,(H,19,22);1-2H3. The highest BCUT2D eigenvalue weighted by atomic mass is 19.1. The number of ether oxygens (including phenoxy) is 1. The van der Waals surface area contributed by atoms with Crippen LogP contribution >= 0.6 is 0 Å². The number of nitro groups is 1. The maximum Gasteiger partial charge on any atom is 0.407 e. The molecule has 0 bridgehead atoms. The van der Waals surface area contributed by atoms with Gasteiger partial charge in [0.2, 0.25) is 0 Å². The zero-order chi connectivity index (χ0) is 20.4. The van der Waals surface area contributed by atoms with Crippen LogP contribution in [0.4, 0.5) is 20.6 Å². The first-order chi connectivity index (χ1) is 12.6. The van der Waals surface area contributed by atoms with E-state index in [1.54, 1.807) is 0 Å². The van der Waals surface area contributed by atoms with Gasteiger partial charge in [-0.25, -0.2) is 9.18 Å². The molecule has 1 N–H and O–H groups in total. The third kappa shape index (κ3) is 4.87. The summed E-state index contributed by atoms with van der Waals surface area (Å²) in [7, 11) is 0. The Hall–Kier alpha value is -2.38. The molecule has 2 aliphatic rings. The quantitative estimate of drug-likeness (QED) is 0.625. The maximum absolute atomic E-state index is 14.0. The second-order valence-corrected chi connectivity index (χ2v) is 8.00. The van der Waals surface area contributed by atoms with E-state index in [0.29, 0.717) is 18.8 Å². The van der Waals surface area contributed by atoms with Crippen molar-refractivity contribution in [2.45, 2.75) is 59.1 Å². The van der Waals surface area contributed by atoms with Crippen LogP contribution in [0.3, 0.4) is 0 Å². The van der Waals surface area contributed by atoms with Crippen LogP contribution in [-0.4, -0.2) is 35.7 Å². The first-order valence-electron chi connectivity index (χ1n) is 9.25. The van der Waals surface area contributed by atoms with E-state index in [1.807, 2.05) is 39.5 Å². The molecule has 0 aromatic heterocycles. The molecule has 8 heteroatoms. The molecule has 1 amide bonds. The molecular weight excluding hydrogens is 353 g/mol. The van der Waals surface area contributed by atoms with Gasteiger partial charge in [-0.2, -0.15) is 0 Å². The molecule has 1 heterocycles. The monoisotopic (exact) mass is 381 g/mol. The zero-order valence-corrected chi connectivity index (χ0v) is 16.5. The number of amides is 1. The Morgan fingerprint density at radius 1 is 1.33 bits per heavy atom. The van der Waals surface area contributed by atoms with Gasteiger partial charge in [0.15, 0.2) is 5.82 Å². The summed E-state index contributed by atoms with van der Waals surface area (Å²) in [6.07, 6.45) is 1.25. The topological polar surface area (TPSA) is 84.7 Å². The van der Waals surface area contributed by atoms with Crippen molar-refractivity contribution in [1.29, 1.82) is 0 Å². The maximum atomic E-state index is 14.0. The number of hydrogen-bond acceptors (Lipinski definition) is 5. The van der Waals surface area contributed by atoms with Crippen LogP contribution < -0.4 is 10.2 Å². The molecule has 1 saturated heterocycles. The lowest BCUT2D eigenvalue weighted by molar-refractivity contribution is -0.385. The van der Waals surface area contributed by atoms with Crippen LogP contribution in [0.2, 0.25) is 0 Å². The number of carbonyl (C=O) groups is 1. The summed E-state index contributed by atoms with van der Waals surface area (Å²) in [5.74, 6) is -0.577. The fourth-order valence-corrected chi connectivity index (χ4v) is 3.62. The second kappa shape index (κ2) is 7.70. The smallest absolute Gasteiger partial charge is 0.407 e. The number of anilines is 1. The fraction of sp³-hybridized carbons (Fsp3) is 0.632. The third-order valence-corrected chi connectivity index (χ3v) is 4.61. The number of halogens is 1. The number of non-ortho nitro benzene ring substituents is 1. The Bertz CT molecular complexity index is 703. The molecule has 0 unspecified atom stereocenters. The second-order valence-electron chi connectivity index (χ2n) is 8.00. The zero-order valence-electron chi connectivity index (χ0n) is 16.5. The van der Waals surface area contributed by atoms with Crippen LogP contribution in [0.25, 0.3) is 0 Å². The summed E-state index contributed by atoms with van der Waals surface area (Å²) in [4.78, 5) is 23.7. The van der Waals surface area contributed by atoms with Crippen LogP contribution in [-0.2, 0) is 4.74 Å². The minimum absolute atomic E-state index is 0.0821. The summed E-state index contributed by atoms with van der Waals surface area (Å²) >= 11 is 0. The molecule has 7 nitrogen and oxygen atoms in total. The van der Waals surface area contributed by atoms with Crippen molar-refractivity contribution in [3.05, 3.63) is 34.1 Å². The Morgan fingerprint density at radius 2 is 1.93 bits per heavy atom. The van der Waals surface area contributed by atoms with E-state index in [2.05, 4.69) is 5.32 Å². The molecule has 1 aliphatic heterocycles. The molecule has 0 radical (unpaired) electrons. The predicted molar refractivity (Wildman–Crippen MR) is 101 cm³/mol. The highest BCUT2D eigenvalue weighted by Gasteiger charge is 2.53. The summed E-state index contributed by atoms with van der Waals surface area (Å²) in [6, 6.07) is 3.80. The average Bonchev–Trinajstić information content (AvgIpc) is 2.49. The van der Waals surface area contributed by atoms with E-state index in [9.17, 15) is 19.3 Å². The molecule has 1 aromatic carbocycles. The van der Waals surface area contributed by atoms with Gasteiger partial charge in [0.25, 0.3) is 5.69 Å². The van der Waals surface area contributed by atoms with Crippen molar-refractivity contribution in [3.63, 3.8) is 0 Å². The van der Waals surface area contributed by atoms with Gasteiger partial charge in [0, 0.05) is 30.6 Å². The van der Waals surface area contributed by atoms with Gasteiger partial charge in [0.1, 0.15) is 5.60 Å². The van der Waals surface area contributed by atoms with Crippen molar-refractivity contribution < 1.29 is 18.8 Å². The fourth-order valence-electron chi connectivity index (χ4n) is 3.62. The predicted octanol–water partition coefficient (Wildman–Crippen LogP) is 4.25. The van der Waals surface area contributed by atoms with Gasteiger partial charge in [-0.3, -0.25) is 10.1 Å². The number of alkyl carbamates (subject to hydrolysis) is 1. The molecule has 0 atom stereocenters. The van der Waals surface area contributed by atoms with Gasteiger partial charge in [-0.1, -0.05) is 13.8 Å². The molecule has 1 saturated carbocycles. The van der Waals surface area contributed by atoms with E-state index in [-0.39, 0.29) is 17.1 Å². The van der Waals surface area contributed by atoms with Gasteiger partial charge >= 0.3 is 6.09 Å². The van der Waals surface area contributed by atoms with Crippen molar-refractivity contribution in [2.75, 3.05) is 18.0 Å². The minimum Gasteiger partial charge on any atom is -0.444 e. The Balaban J connectivity index is 0.00000126. The molecule has 27 heavy (non-hydrogen) atoms. The molecule has 3 rings (SSSR count). The van der Waals surface area contributed by atoms with Gasteiger partial charge < -0.3 is 15.0 Å². The summed E-state index contributed by atoms with van der Waals surface area (Å²) < 4.78 is 19.3. The average molecular weight is 381 g/mol. The highest BCUT2D eigenvalue weighted by molar-refractivity contribution is 5.68. The molecule has 150 valence electrons. The van der Waals surface area contributed by atoms with E-state index in [1.165, 1.54) is 12.1 Å². The molecular formula is C19H28FN3O4. The molecule has 1 aliphatic carbocycles. The number of hydrogen-bond donors (Lipinski definition) is 1. The van der Waals surface area contributed by atoms with Crippen molar-refractivity contribution in [1.82, 2.24) is 5.32 Å². The van der Waals surface area contributed by atoms with E-state index in [0.717, 1.165) is 18.9 Å². The number of nitrogens with one attached hydrogen (secondary N) is 1. The largest absolute Gasteiger partial charge is 0.444 e. The first kappa shape index (κ1) is 20.9. The number of rotatable bonds is 3. The number of nitro benzene ring substituents is 1. The van der Waals surface area contributed by atoms with Gasteiger partial charge in [-0.15, -0.1) is 0 Å². The van der Waals surface area contributed by atoms with Crippen LogP contribution in [0.1, 0.15) is 47.5 Å². The van der Waals surface area contributed by atoms with Gasteiger partial charge in [0.05, 0.1) is 16.7 Å². The van der Waals surface area contributed by atoms with Crippen molar-refractivity contribution >= 4 is 17.5 Å². The SMILES string of the molecule is CC.CC(C)(C)OC(=O)NC1CC2(C1)CN(c1ccc([N+](=O)[O-])cc1F)C2. The minimum atomic E-state index is -0.608. The third-order valence-electron chi connectivity index (χ3n) is 4.61. The van der Waals surface area contributed by atoms with E-state index >= 15 is 0 Å². The Labute approximate surface area is 159 Å². The van der Waals surface area contributed by atoms with E-state index in [4.69, 9.17) is 4.74 Å². The molecule has 1 spiro atoms. The van der Waals surface area contributed by atoms with Crippen molar-refractivity contribution in [2.24, 2.45) is 5.41 Å². The summed E-state index contributed by atoms with van der Waals surface area (Å²) in [5.41, 5.74) is -0.290. The lowest BCUT2D eigenvalue weighted by Crippen LogP contribution is -2.67. The number of nitrogens with zero attached hydrogens (tertiary/aromatic N) is 2. The Morgan fingerprint density at radius 3 is 2.41 bits per heavy atom. The van der Waals surface area contributed by atoms with Gasteiger partial charge in [-0.05, 0) is 39.7 Å². The molecule has 1 aromatic rings. The van der Waals surface area contributed by atoms with E-state index < -0.39 is 22.4 Å². The Kier molecular flexibility index (Phi) is 5.97. The normalized spacial score (nSPS) is 17.9. The lowest BCUT2D eigenvalue weighted by atomic mass is 9.60. The molecule has 2 fully saturated rings. The van der Waals surface area contributed by atoms with Crippen LogP contribution in [0.15, 0.2) is 18.2 Å². The van der Waals surface area contributed by atoms with Crippen molar-refractivity contribution in [3.8, 4) is 0 Å². The summed E-state index contributed by atoms with van der Waals surface area (Å²) in [5, 5.41) is 13.5. The first-order valence-corrected chi connectivity index (χ1v) is 9.25. The number of benzene rings is 1. The van der Waals surface area contributed by atoms with Crippen LogP contribution in [0, 0.1) is 21.3 Å². The van der Waals surface area contributed by atoms with Crippen LogP contribution in [0.5, 0.6) is 0 Å². The highest BCUT2D eigenvalue weighted by Crippen LogP contribution is 2.50.